The Balaban J connectivity index is 0.918. The van der Waals surface area contributed by atoms with E-state index in [4.69, 9.17) is 24.3 Å². The number of ether oxygens (including phenoxy) is 2. The molecule has 2 amide bonds. The molecule has 3 N–H and O–H groups in total. The number of nitrogens with one attached hydrogen (secondary N) is 2. The summed E-state index contributed by atoms with van der Waals surface area (Å²) in [6.07, 6.45) is 2.39. The van der Waals surface area contributed by atoms with Crippen LogP contribution in [0.15, 0.2) is 280 Å². The minimum atomic E-state index is -1.57. The summed E-state index contributed by atoms with van der Waals surface area (Å²) >= 11 is 4.06. The minimum Gasteiger partial charge on any atom is -0.477 e. The normalized spacial score (nSPS) is 17.0. The van der Waals surface area contributed by atoms with Gasteiger partial charge < -0.3 is 30.1 Å². The number of carbonyl (C=O) groups is 4. The van der Waals surface area contributed by atoms with Crippen molar-refractivity contribution < 1.29 is 43.2 Å². The maximum absolute atomic E-state index is 15.3. The number of ketones is 1. The number of thioether (sulfide) groups is 2. The van der Waals surface area contributed by atoms with E-state index in [1.54, 1.807) is 5.38 Å². The third-order valence-corrected chi connectivity index (χ3v) is 18.3. The number of hydrogen-bond acceptors (Lipinski definition) is 14. The monoisotopic (exact) mass is 1220 g/mol. The van der Waals surface area contributed by atoms with E-state index in [2.05, 4.69) is 15.8 Å². The molecule has 3 aliphatic rings. The summed E-state index contributed by atoms with van der Waals surface area (Å²) in [5.41, 5.74) is 5.08. The van der Waals surface area contributed by atoms with Gasteiger partial charge in [-0.25, -0.2) is 14.3 Å². The summed E-state index contributed by atoms with van der Waals surface area (Å²) in [5, 5.41) is 23.2. The second-order valence-corrected chi connectivity index (χ2v) is 23.9. The first-order valence-corrected chi connectivity index (χ1v) is 31.3. The van der Waals surface area contributed by atoms with E-state index in [0.29, 0.717) is 22.2 Å². The molecule has 18 heteroatoms. The van der Waals surface area contributed by atoms with Gasteiger partial charge in [0.25, 0.3) is 18.1 Å². The van der Waals surface area contributed by atoms with E-state index in [1.807, 2.05) is 248 Å². The number of aliphatic carboxylic acids is 1. The highest BCUT2D eigenvalue weighted by Gasteiger charge is 2.54. The molecule has 0 aliphatic carbocycles. The van der Waals surface area contributed by atoms with Gasteiger partial charge in [-0.3, -0.25) is 24.3 Å². The number of amides is 2. The first-order chi connectivity index (χ1) is 43.1. The van der Waals surface area contributed by atoms with E-state index in [1.165, 1.54) is 52.1 Å². The van der Waals surface area contributed by atoms with Crippen molar-refractivity contribution in [3.8, 4) is 0 Å². The van der Waals surface area contributed by atoms with E-state index >= 15 is 4.79 Å². The molecular weight excluding hydrogens is 1160 g/mol. The molecule has 1 fully saturated rings. The lowest BCUT2D eigenvalue weighted by Gasteiger charge is -2.49. The van der Waals surface area contributed by atoms with Crippen molar-refractivity contribution in [3.05, 3.63) is 310 Å². The van der Waals surface area contributed by atoms with Gasteiger partial charge in [0, 0.05) is 46.2 Å². The summed E-state index contributed by atoms with van der Waals surface area (Å²) in [5.74, 6) is -2.51. The first-order valence-electron chi connectivity index (χ1n) is 28.3. The quantitative estimate of drug-likeness (QED) is 0.0105. The average Bonchev–Trinajstić information content (AvgIpc) is 0.981. The van der Waals surface area contributed by atoms with Crippen molar-refractivity contribution in [2.75, 3.05) is 16.8 Å². The number of fused-ring (bicyclic) bond motifs is 1. The standard InChI is InChI=1S/C70H57N7O8S3/c1-76-39-37-54(38-40-76)86-43-50-44-87-66-60(65(80)77(66)61(50)67(81)82)73-64(79)59(56-45-88-69(72-56)74-70(51-31-17-6-18-32-51,52-33-19-7-20-34-52)53-35-21-8-22-36-53)75-85-68(84-63(48-27-13-4-14-28-48)49-29-15-5-16-30-49)55-41-57(78)58(42-71-55)83-62(46-23-9-2-10-24-46)47-25-11-3-12-26-47/h2-42,45,58,60,62-63,66,68H,43-44H2,1H3,(H2-,72,73,74,79,81,82)/p+1/b75-59-/t58?,60-,66-,68?/m1/s1. The molecule has 9 aromatic rings. The molecule has 7 aromatic carbocycles. The predicted octanol–water partition coefficient (Wildman–Crippen LogP) is 11.5. The number of aromatic nitrogens is 2. The second-order valence-electron chi connectivity index (χ2n) is 20.8. The lowest BCUT2D eigenvalue weighted by molar-refractivity contribution is -0.671. The molecule has 2 unspecified atom stereocenters. The molecule has 1 saturated heterocycles. The Kier molecular flexibility index (Phi) is 18.0. The largest absolute Gasteiger partial charge is 0.477 e. The fourth-order valence-corrected chi connectivity index (χ4v) is 13.9. The molecule has 2 aromatic heterocycles. The number of hydrogen-bond donors (Lipinski definition) is 3. The SMILES string of the molecule is C[n+]1ccc(SCC2=C(C(=O)O)N3C(=O)[C@@H](NC(=O)/C(=N\OC(OC(c4ccccc4)c4ccccc4)C4=CC(=O)C(OC(c5ccccc5)c5ccccc5)C=N4)c4csc(NC(c5ccccc5)(c5ccccc5)c5ccccc5)n4)[C@H]3SC2)cc1. The molecule has 12 rings (SSSR count). The minimum absolute atomic E-state index is 0.0202. The number of anilines is 1. The van der Waals surface area contributed by atoms with Crippen LogP contribution in [0.3, 0.4) is 0 Å². The number of aliphatic imine (C=N–C) groups is 1. The first kappa shape index (κ1) is 58.8. The lowest BCUT2D eigenvalue weighted by atomic mass is 9.77. The van der Waals surface area contributed by atoms with Gasteiger partial charge in [0.1, 0.15) is 53.3 Å². The molecule has 0 bridgehead atoms. The van der Waals surface area contributed by atoms with Gasteiger partial charge in [-0.1, -0.05) is 217 Å². The Hall–Kier alpha value is -9.56. The van der Waals surface area contributed by atoms with E-state index < -0.39 is 65.1 Å². The van der Waals surface area contributed by atoms with E-state index in [9.17, 15) is 19.5 Å². The van der Waals surface area contributed by atoms with Crippen molar-refractivity contribution >= 4 is 75.5 Å². The number of benzene rings is 7. The maximum atomic E-state index is 15.3. The molecular formula is C70H58N7O8S3+. The topological polar surface area (TPSA) is 185 Å². The van der Waals surface area contributed by atoms with Gasteiger partial charge in [0.2, 0.25) is 0 Å². The Bertz CT molecular complexity index is 3880. The van der Waals surface area contributed by atoms with Crippen LogP contribution in [0.1, 0.15) is 56.8 Å². The van der Waals surface area contributed by atoms with Crippen LogP contribution in [0.2, 0.25) is 0 Å². The van der Waals surface area contributed by atoms with Crippen molar-refractivity contribution in [1.82, 2.24) is 15.2 Å². The smallest absolute Gasteiger partial charge is 0.352 e. The van der Waals surface area contributed by atoms with Crippen LogP contribution in [0.25, 0.3) is 0 Å². The summed E-state index contributed by atoms with van der Waals surface area (Å²) in [4.78, 5) is 75.8. The molecule has 3 aliphatic heterocycles. The van der Waals surface area contributed by atoms with Gasteiger partial charge in [-0.15, -0.1) is 34.9 Å². The summed E-state index contributed by atoms with van der Waals surface area (Å²) in [7, 11) is 1.91. The maximum Gasteiger partial charge on any atom is 0.352 e. The zero-order valence-corrected chi connectivity index (χ0v) is 49.8. The highest BCUT2D eigenvalue weighted by Crippen LogP contribution is 2.43. The van der Waals surface area contributed by atoms with Gasteiger partial charge in [0.15, 0.2) is 35.1 Å². The van der Waals surface area contributed by atoms with Gasteiger partial charge >= 0.3 is 5.97 Å². The molecule has 0 radical (unpaired) electrons. The van der Waals surface area contributed by atoms with Crippen LogP contribution in [-0.2, 0) is 46.1 Å². The Morgan fingerprint density at radius 3 is 1.72 bits per heavy atom. The molecule has 438 valence electrons. The number of aryl methyl sites for hydroxylation is 1. The Morgan fingerprint density at radius 2 is 1.22 bits per heavy atom. The van der Waals surface area contributed by atoms with E-state index in [-0.39, 0.29) is 22.8 Å². The number of pyridine rings is 1. The van der Waals surface area contributed by atoms with E-state index in [0.717, 1.165) is 43.8 Å². The van der Waals surface area contributed by atoms with Crippen LogP contribution < -0.4 is 15.2 Å². The van der Waals surface area contributed by atoms with Crippen molar-refractivity contribution in [1.29, 1.82) is 0 Å². The van der Waals surface area contributed by atoms with Gasteiger partial charge in [-0.2, -0.15) is 0 Å². The van der Waals surface area contributed by atoms with Crippen LogP contribution in [-0.4, -0.2) is 85.8 Å². The third kappa shape index (κ3) is 12.8. The number of carboxylic acid groups (broad SMARTS) is 1. The highest BCUT2D eigenvalue weighted by molar-refractivity contribution is 8.01. The molecule has 88 heavy (non-hydrogen) atoms. The van der Waals surface area contributed by atoms with Gasteiger partial charge in [-0.05, 0) is 44.5 Å². The van der Waals surface area contributed by atoms with Crippen molar-refractivity contribution in [2.24, 2.45) is 17.2 Å². The fraction of sp³-hybridized carbons (Fsp3) is 0.143. The summed E-state index contributed by atoms with van der Waals surface area (Å²) < 4.78 is 15.5. The number of carbonyl (C=O) groups excluding carboxylic acids is 3. The number of β-lactam (4-membered cyclic amide) rings is 1. The van der Waals surface area contributed by atoms with Crippen LogP contribution in [0.5, 0.6) is 0 Å². The van der Waals surface area contributed by atoms with Crippen LogP contribution >= 0.6 is 34.9 Å². The van der Waals surface area contributed by atoms with Crippen molar-refractivity contribution in [2.45, 2.75) is 46.5 Å². The number of thiazole rings is 1. The van der Waals surface area contributed by atoms with Crippen LogP contribution in [0, 0.1) is 0 Å². The fourth-order valence-electron chi connectivity index (χ4n) is 10.8. The summed E-state index contributed by atoms with van der Waals surface area (Å²) in [6.45, 7) is 0. The predicted molar refractivity (Wildman–Crippen MR) is 341 cm³/mol. The van der Waals surface area contributed by atoms with Crippen molar-refractivity contribution in [3.63, 3.8) is 0 Å². The Labute approximate surface area is 521 Å². The average molecular weight is 1220 g/mol. The number of rotatable bonds is 23. The molecule has 4 atom stereocenters. The Morgan fingerprint density at radius 1 is 0.716 bits per heavy atom. The number of oxime groups is 1. The molecule has 0 spiro atoms. The third-order valence-electron chi connectivity index (χ3n) is 15.1. The summed E-state index contributed by atoms with van der Waals surface area (Å²) in [6, 6.07) is 70.8. The highest BCUT2D eigenvalue weighted by atomic mass is 32.2. The second kappa shape index (κ2) is 27.0. The van der Waals surface area contributed by atoms with Gasteiger partial charge in [0.05, 0.1) is 0 Å². The molecule has 0 saturated carbocycles. The number of carboxylic acids is 1. The zero-order valence-electron chi connectivity index (χ0n) is 47.4. The molecule has 15 nitrogen and oxygen atoms in total. The van der Waals surface area contributed by atoms with Crippen LogP contribution in [0.4, 0.5) is 5.13 Å². The number of nitrogens with zero attached hydrogens (tertiary/aromatic N) is 5. The zero-order chi connectivity index (χ0) is 60.4. The lowest BCUT2D eigenvalue weighted by Crippen LogP contribution is -2.71. The molecule has 5 heterocycles.